The summed E-state index contributed by atoms with van der Waals surface area (Å²) in [5, 5.41) is 18.5. The van der Waals surface area contributed by atoms with Gasteiger partial charge in [0.05, 0.1) is 5.69 Å². The van der Waals surface area contributed by atoms with Crippen LogP contribution in [0.25, 0.3) is 0 Å². The molecule has 0 fully saturated rings. The second-order valence-corrected chi connectivity index (χ2v) is 3.39. The van der Waals surface area contributed by atoms with Crippen molar-refractivity contribution in [2.45, 2.75) is 13.3 Å². The molecule has 2 N–H and O–H groups in total. The van der Waals surface area contributed by atoms with Crippen molar-refractivity contribution in [1.82, 2.24) is 0 Å². The molecule has 0 saturated carbocycles. The van der Waals surface area contributed by atoms with Gasteiger partial charge in [0.1, 0.15) is 0 Å². The fourth-order valence-corrected chi connectivity index (χ4v) is 1.74. The summed E-state index contributed by atoms with van der Waals surface area (Å²) >= 11 is 0. The monoisotopic (exact) mass is 193 g/mol. The number of nitrogens with zero attached hydrogens (tertiary/aromatic N) is 1. The number of phenolic OH excluding ortho intramolecular Hbond substituents is 2. The van der Waals surface area contributed by atoms with Crippen LogP contribution in [-0.2, 0) is 11.2 Å². The van der Waals surface area contributed by atoms with Crippen LogP contribution >= 0.6 is 0 Å². The van der Waals surface area contributed by atoms with Crippen LogP contribution in [0.3, 0.4) is 0 Å². The Bertz CT molecular complexity index is 401. The van der Waals surface area contributed by atoms with Gasteiger partial charge in [-0.25, -0.2) is 0 Å². The van der Waals surface area contributed by atoms with Crippen LogP contribution in [0.15, 0.2) is 12.1 Å². The highest BCUT2D eigenvalue weighted by Crippen LogP contribution is 2.37. The topological polar surface area (TPSA) is 60.8 Å². The molecule has 14 heavy (non-hydrogen) atoms. The Kier molecular flexibility index (Phi) is 1.84. The molecule has 1 aliphatic heterocycles. The molecule has 1 heterocycles. The van der Waals surface area contributed by atoms with E-state index in [0.717, 1.165) is 12.0 Å². The van der Waals surface area contributed by atoms with Gasteiger partial charge in [0.15, 0.2) is 11.5 Å². The number of benzene rings is 1. The summed E-state index contributed by atoms with van der Waals surface area (Å²) in [5.41, 5.74) is 1.60. The molecule has 4 nitrogen and oxygen atoms in total. The molecule has 0 aliphatic carbocycles. The van der Waals surface area contributed by atoms with E-state index in [2.05, 4.69) is 0 Å². The predicted octanol–water partition coefficient (Wildman–Crippen LogP) is 1.01. The van der Waals surface area contributed by atoms with E-state index in [1.807, 2.05) is 0 Å². The van der Waals surface area contributed by atoms with Gasteiger partial charge >= 0.3 is 0 Å². The van der Waals surface area contributed by atoms with Gasteiger partial charge in [0, 0.05) is 19.5 Å². The first kappa shape index (κ1) is 8.87. The van der Waals surface area contributed by atoms with Crippen molar-refractivity contribution in [2.75, 3.05) is 11.4 Å². The smallest absolute Gasteiger partial charge is 0.223 e. The van der Waals surface area contributed by atoms with Gasteiger partial charge in [0.2, 0.25) is 5.91 Å². The maximum atomic E-state index is 11.2. The molecule has 2 rings (SSSR count). The maximum absolute atomic E-state index is 11.2. The van der Waals surface area contributed by atoms with Crippen LogP contribution in [0.2, 0.25) is 0 Å². The quantitative estimate of drug-likeness (QED) is 0.604. The van der Waals surface area contributed by atoms with Crippen LogP contribution in [0.1, 0.15) is 12.5 Å². The van der Waals surface area contributed by atoms with Gasteiger partial charge in [-0.1, -0.05) is 0 Å². The number of rotatable bonds is 0. The van der Waals surface area contributed by atoms with Crippen LogP contribution in [0, 0.1) is 0 Å². The van der Waals surface area contributed by atoms with Gasteiger partial charge in [0.25, 0.3) is 0 Å². The van der Waals surface area contributed by atoms with Gasteiger partial charge in [-0.05, 0) is 18.1 Å². The molecule has 1 aromatic carbocycles. The summed E-state index contributed by atoms with van der Waals surface area (Å²) in [6.45, 7) is 2.10. The number of carbonyl (C=O) groups is 1. The van der Waals surface area contributed by atoms with Gasteiger partial charge in [-0.2, -0.15) is 0 Å². The largest absolute Gasteiger partial charge is 0.504 e. The molecule has 4 heteroatoms. The van der Waals surface area contributed by atoms with E-state index in [1.54, 1.807) is 4.90 Å². The van der Waals surface area contributed by atoms with E-state index in [4.69, 9.17) is 0 Å². The SMILES string of the molecule is CC(=O)N1CCc2cc(O)c(O)cc21. The van der Waals surface area contributed by atoms with Crippen molar-refractivity contribution in [3.63, 3.8) is 0 Å². The zero-order valence-corrected chi connectivity index (χ0v) is 7.82. The van der Waals surface area contributed by atoms with E-state index in [9.17, 15) is 15.0 Å². The number of aromatic hydroxyl groups is 2. The Morgan fingerprint density at radius 3 is 2.64 bits per heavy atom. The van der Waals surface area contributed by atoms with Crippen molar-refractivity contribution >= 4 is 11.6 Å². The molecule has 0 spiro atoms. The average molecular weight is 193 g/mol. The van der Waals surface area contributed by atoms with Crippen molar-refractivity contribution < 1.29 is 15.0 Å². The van der Waals surface area contributed by atoms with Gasteiger partial charge < -0.3 is 15.1 Å². The summed E-state index contributed by atoms with van der Waals surface area (Å²) in [5.74, 6) is -0.361. The third-order valence-electron chi connectivity index (χ3n) is 2.45. The first-order valence-electron chi connectivity index (χ1n) is 4.42. The van der Waals surface area contributed by atoms with E-state index >= 15 is 0 Å². The van der Waals surface area contributed by atoms with Crippen LogP contribution in [-0.4, -0.2) is 22.7 Å². The molecule has 74 valence electrons. The van der Waals surface area contributed by atoms with Crippen LogP contribution < -0.4 is 4.90 Å². The lowest BCUT2D eigenvalue weighted by atomic mass is 10.1. The molecular weight excluding hydrogens is 182 g/mol. The van der Waals surface area contributed by atoms with E-state index in [0.29, 0.717) is 12.2 Å². The maximum Gasteiger partial charge on any atom is 0.223 e. The molecule has 0 unspecified atom stereocenters. The van der Waals surface area contributed by atoms with Crippen molar-refractivity contribution in [3.8, 4) is 11.5 Å². The molecule has 0 aromatic heterocycles. The molecule has 0 radical (unpaired) electrons. The fourth-order valence-electron chi connectivity index (χ4n) is 1.74. The van der Waals surface area contributed by atoms with Crippen LogP contribution in [0.4, 0.5) is 5.69 Å². The normalized spacial score (nSPS) is 14.2. The molecule has 0 atom stereocenters. The molecule has 1 aromatic rings. The zero-order valence-electron chi connectivity index (χ0n) is 7.82. The zero-order chi connectivity index (χ0) is 10.3. The minimum Gasteiger partial charge on any atom is -0.504 e. The van der Waals surface area contributed by atoms with Gasteiger partial charge in [-0.3, -0.25) is 4.79 Å². The third kappa shape index (κ3) is 1.19. The Labute approximate surface area is 81.4 Å². The van der Waals surface area contributed by atoms with Crippen molar-refractivity contribution in [2.24, 2.45) is 0 Å². The number of hydrogen-bond donors (Lipinski definition) is 2. The second kappa shape index (κ2) is 2.90. The Hall–Kier alpha value is -1.71. The summed E-state index contributed by atoms with van der Waals surface area (Å²) in [6.07, 6.45) is 0.725. The highest BCUT2D eigenvalue weighted by Gasteiger charge is 2.23. The summed E-state index contributed by atoms with van der Waals surface area (Å²) < 4.78 is 0. The lowest BCUT2D eigenvalue weighted by molar-refractivity contribution is -0.116. The average Bonchev–Trinajstić information content (AvgIpc) is 2.48. The number of amides is 1. The highest BCUT2D eigenvalue weighted by molar-refractivity contribution is 5.94. The number of phenols is 2. The standard InChI is InChI=1S/C10H11NO3/c1-6(12)11-3-2-7-4-9(13)10(14)5-8(7)11/h4-5,13-14H,2-3H2,1H3. The number of carbonyl (C=O) groups excluding carboxylic acids is 1. The van der Waals surface area contributed by atoms with E-state index in [-0.39, 0.29) is 17.4 Å². The molecular formula is C10H11NO3. The fraction of sp³-hybridized carbons (Fsp3) is 0.300. The Morgan fingerprint density at radius 2 is 2.00 bits per heavy atom. The molecule has 0 saturated heterocycles. The summed E-state index contributed by atoms with van der Waals surface area (Å²) in [6, 6.07) is 2.94. The number of anilines is 1. The van der Waals surface area contributed by atoms with Crippen LogP contribution in [0.5, 0.6) is 11.5 Å². The third-order valence-corrected chi connectivity index (χ3v) is 2.45. The minimum atomic E-state index is -0.183. The predicted molar refractivity (Wildman–Crippen MR) is 51.5 cm³/mol. The first-order valence-corrected chi connectivity index (χ1v) is 4.42. The number of hydrogen-bond acceptors (Lipinski definition) is 3. The van der Waals surface area contributed by atoms with E-state index < -0.39 is 0 Å². The minimum absolute atomic E-state index is 0.0474. The summed E-state index contributed by atoms with van der Waals surface area (Å²) in [4.78, 5) is 12.8. The lowest BCUT2D eigenvalue weighted by Gasteiger charge is -2.14. The van der Waals surface area contributed by atoms with E-state index in [1.165, 1.54) is 19.1 Å². The lowest BCUT2D eigenvalue weighted by Crippen LogP contribution is -2.25. The van der Waals surface area contributed by atoms with Crippen molar-refractivity contribution in [3.05, 3.63) is 17.7 Å². The Balaban J connectivity index is 2.50. The Morgan fingerprint density at radius 1 is 1.36 bits per heavy atom. The number of fused-ring (bicyclic) bond motifs is 1. The first-order chi connectivity index (χ1) is 6.59. The van der Waals surface area contributed by atoms with Gasteiger partial charge in [-0.15, -0.1) is 0 Å². The van der Waals surface area contributed by atoms with Crippen molar-refractivity contribution in [1.29, 1.82) is 0 Å². The summed E-state index contributed by atoms with van der Waals surface area (Å²) in [7, 11) is 0. The molecule has 1 amide bonds. The molecule has 0 bridgehead atoms. The molecule has 1 aliphatic rings. The highest BCUT2D eigenvalue weighted by atomic mass is 16.3. The second-order valence-electron chi connectivity index (χ2n) is 3.39.